The number of aromatic nitrogens is 3. The molecule has 138 valence electrons. The zero-order valence-corrected chi connectivity index (χ0v) is 15.1. The number of imidazole rings is 1. The van der Waals surface area contributed by atoms with E-state index in [0.29, 0.717) is 12.0 Å². The summed E-state index contributed by atoms with van der Waals surface area (Å²) in [4.78, 5) is 21.5. The molecule has 1 saturated heterocycles. The molecular formula is C21H23N5O. The quantitative estimate of drug-likeness (QED) is 0.751. The molecule has 27 heavy (non-hydrogen) atoms. The van der Waals surface area contributed by atoms with Gasteiger partial charge in [-0.1, -0.05) is 25.0 Å². The molecule has 3 aromatic rings. The lowest BCUT2D eigenvalue weighted by molar-refractivity contribution is -0.117. The average molecular weight is 361 g/mol. The largest absolute Gasteiger partial charge is 0.323 e. The number of rotatable bonds is 3. The number of para-hydroxylation sites is 2. The number of anilines is 1. The molecule has 2 aliphatic rings. The molecule has 1 aliphatic heterocycles. The van der Waals surface area contributed by atoms with Crippen LogP contribution in [-0.4, -0.2) is 32.5 Å². The van der Waals surface area contributed by atoms with Gasteiger partial charge in [-0.15, -0.1) is 0 Å². The van der Waals surface area contributed by atoms with Gasteiger partial charge < -0.3 is 10.6 Å². The standard InChI is InChI=1S/C21H23N5O/c27-21(18-11-14-5-1-2-6-16(14)25-18)24-15-9-10-20(22-12-15)26-13-23-17-7-3-4-8-19(17)26/h3-4,7-10,12-14,16,18,25H,1-2,5-6,11H2,(H,24,27). The number of amides is 1. The van der Waals surface area contributed by atoms with E-state index >= 15 is 0 Å². The number of pyridine rings is 1. The van der Waals surface area contributed by atoms with Crippen molar-refractivity contribution in [3.63, 3.8) is 0 Å². The van der Waals surface area contributed by atoms with E-state index in [4.69, 9.17) is 0 Å². The third-order valence-corrected chi connectivity index (χ3v) is 5.90. The second kappa shape index (κ2) is 6.78. The maximum Gasteiger partial charge on any atom is 0.241 e. The lowest BCUT2D eigenvalue weighted by Gasteiger charge is -2.24. The molecular weight excluding hydrogens is 338 g/mol. The summed E-state index contributed by atoms with van der Waals surface area (Å²) in [5, 5.41) is 6.54. The van der Waals surface area contributed by atoms with Gasteiger partial charge in [0.2, 0.25) is 5.91 Å². The van der Waals surface area contributed by atoms with Gasteiger partial charge in [0.25, 0.3) is 0 Å². The highest BCUT2D eigenvalue weighted by atomic mass is 16.2. The van der Waals surface area contributed by atoms with Crippen LogP contribution in [-0.2, 0) is 4.79 Å². The van der Waals surface area contributed by atoms with Crippen molar-refractivity contribution < 1.29 is 4.79 Å². The second-order valence-electron chi connectivity index (χ2n) is 7.60. The van der Waals surface area contributed by atoms with Crippen LogP contribution in [0.5, 0.6) is 0 Å². The number of carbonyl (C=O) groups is 1. The van der Waals surface area contributed by atoms with Crippen LogP contribution < -0.4 is 10.6 Å². The number of nitrogens with zero attached hydrogens (tertiary/aromatic N) is 3. The number of hydrogen-bond donors (Lipinski definition) is 2. The van der Waals surface area contributed by atoms with Gasteiger partial charge in [-0.2, -0.15) is 0 Å². The highest BCUT2D eigenvalue weighted by Gasteiger charge is 2.38. The van der Waals surface area contributed by atoms with Crippen molar-refractivity contribution in [1.82, 2.24) is 19.9 Å². The molecule has 6 heteroatoms. The molecule has 1 aliphatic carbocycles. The summed E-state index contributed by atoms with van der Waals surface area (Å²) in [5.41, 5.74) is 2.68. The maximum absolute atomic E-state index is 12.6. The highest BCUT2D eigenvalue weighted by Crippen LogP contribution is 2.33. The number of fused-ring (bicyclic) bond motifs is 2. The van der Waals surface area contributed by atoms with E-state index in [2.05, 4.69) is 20.6 Å². The smallest absolute Gasteiger partial charge is 0.241 e. The summed E-state index contributed by atoms with van der Waals surface area (Å²) in [5.74, 6) is 1.49. The Morgan fingerprint density at radius 1 is 1.11 bits per heavy atom. The first-order chi connectivity index (χ1) is 13.3. The average Bonchev–Trinajstić information content (AvgIpc) is 3.33. The number of carbonyl (C=O) groups excluding carboxylic acids is 1. The Bertz CT molecular complexity index is 950. The first kappa shape index (κ1) is 16.4. The van der Waals surface area contributed by atoms with Crippen molar-refractivity contribution in [2.45, 2.75) is 44.2 Å². The molecule has 3 atom stereocenters. The Kier molecular flexibility index (Phi) is 4.13. The van der Waals surface area contributed by atoms with E-state index < -0.39 is 0 Å². The van der Waals surface area contributed by atoms with Gasteiger partial charge in [0.15, 0.2) is 0 Å². The van der Waals surface area contributed by atoms with Crippen LogP contribution in [0.1, 0.15) is 32.1 Å². The zero-order valence-electron chi connectivity index (χ0n) is 15.1. The first-order valence-electron chi connectivity index (χ1n) is 9.73. The normalized spacial score (nSPS) is 24.7. The Morgan fingerprint density at radius 2 is 2.00 bits per heavy atom. The molecule has 3 heterocycles. The van der Waals surface area contributed by atoms with Crippen LogP contribution in [0.2, 0.25) is 0 Å². The number of nitrogens with one attached hydrogen (secondary N) is 2. The van der Waals surface area contributed by atoms with Crippen LogP contribution in [0.25, 0.3) is 16.9 Å². The van der Waals surface area contributed by atoms with Crippen molar-refractivity contribution in [3.8, 4) is 5.82 Å². The predicted octanol–water partition coefficient (Wildman–Crippen LogP) is 3.28. The fourth-order valence-electron chi connectivity index (χ4n) is 4.49. The van der Waals surface area contributed by atoms with Crippen molar-refractivity contribution >= 4 is 22.6 Å². The van der Waals surface area contributed by atoms with Crippen molar-refractivity contribution in [2.24, 2.45) is 5.92 Å². The van der Waals surface area contributed by atoms with E-state index in [9.17, 15) is 4.79 Å². The van der Waals surface area contributed by atoms with Crippen molar-refractivity contribution in [1.29, 1.82) is 0 Å². The molecule has 2 aromatic heterocycles. The van der Waals surface area contributed by atoms with Crippen LogP contribution in [0, 0.1) is 5.92 Å². The van der Waals surface area contributed by atoms with E-state index in [-0.39, 0.29) is 11.9 Å². The van der Waals surface area contributed by atoms with E-state index in [0.717, 1.165) is 29.0 Å². The van der Waals surface area contributed by atoms with Gasteiger partial charge in [-0.3, -0.25) is 9.36 Å². The molecule has 1 amide bonds. The molecule has 3 unspecified atom stereocenters. The summed E-state index contributed by atoms with van der Waals surface area (Å²) in [6, 6.07) is 12.2. The Hall–Kier alpha value is -2.73. The minimum absolute atomic E-state index is 0.0482. The van der Waals surface area contributed by atoms with Gasteiger partial charge in [-0.25, -0.2) is 9.97 Å². The van der Waals surface area contributed by atoms with E-state index in [1.165, 1.54) is 25.7 Å². The van der Waals surface area contributed by atoms with Gasteiger partial charge in [0.05, 0.1) is 29.0 Å². The predicted molar refractivity (Wildman–Crippen MR) is 105 cm³/mol. The third-order valence-electron chi connectivity index (χ3n) is 5.90. The summed E-state index contributed by atoms with van der Waals surface area (Å²) in [6.45, 7) is 0. The lowest BCUT2D eigenvalue weighted by Crippen LogP contribution is -2.39. The minimum Gasteiger partial charge on any atom is -0.323 e. The summed E-state index contributed by atoms with van der Waals surface area (Å²) in [7, 11) is 0. The van der Waals surface area contributed by atoms with Crippen molar-refractivity contribution in [2.75, 3.05) is 5.32 Å². The molecule has 2 fully saturated rings. The molecule has 0 bridgehead atoms. The molecule has 0 radical (unpaired) electrons. The van der Waals surface area contributed by atoms with E-state index in [1.54, 1.807) is 12.5 Å². The van der Waals surface area contributed by atoms with Crippen molar-refractivity contribution in [3.05, 3.63) is 48.9 Å². The second-order valence-corrected chi connectivity index (χ2v) is 7.60. The van der Waals surface area contributed by atoms with Gasteiger partial charge in [0.1, 0.15) is 12.1 Å². The van der Waals surface area contributed by atoms with Crippen LogP contribution in [0.4, 0.5) is 5.69 Å². The fraction of sp³-hybridized carbons (Fsp3) is 0.381. The van der Waals surface area contributed by atoms with Gasteiger partial charge in [0, 0.05) is 6.04 Å². The Balaban J connectivity index is 1.29. The highest BCUT2D eigenvalue weighted by molar-refractivity contribution is 5.95. The molecule has 1 saturated carbocycles. The number of benzene rings is 1. The molecule has 5 rings (SSSR count). The third kappa shape index (κ3) is 3.10. The topological polar surface area (TPSA) is 71.8 Å². The molecule has 0 spiro atoms. The fourth-order valence-corrected chi connectivity index (χ4v) is 4.49. The molecule has 6 nitrogen and oxygen atoms in total. The lowest BCUT2D eigenvalue weighted by atomic mass is 9.85. The van der Waals surface area contributed by atoms with Crippen LogP contribution in [0.3, 0.4) is 0 Å². The van der Waals surface area contributed by atoms with Gasteiger partial charge >= 0.3 is 0 Å². The summed E-state index contributed by atoms with van der Waals surface area (Å²) < 4.78 is 1.95. The SMILES string of the molecule is O=C(Nc1ccc(-n2cnc3ccccc32)nc1)C1CC2CCCCC2N1. The molecule has 1 aromatic carbocycles. The van der Waals surface area contributed by atoms with Crippen LogP contribution in [0.15, 0.2) is 48.9 Å². The monoisotopic (exact) mass is 361 g/mol. The first-order valence-corrected chi connectivity index (χ1v) is 9.73. The van der Waals surface area contributed by atoms with Crippen LogP contribution >= 0.6 is 0 Å². The molecule has 2 N–H and O–H groups in total. The van der Waals surface area contributed by atoms with Gasteiger partial charge in [-0.05, 0) is 49.4 Å². The minimum atomic E-state index is -0.0876. The Morgan fingerprint density at radius 3 is 2.85 bits per heavy atom. The summed E-state index contributed by atoms with van der Waals surface area (Å²) in [6.07, 6.45) is 9.45. The zero-order chi connectivity index (χ0) is 18.2. The van der Waals surface area contributed by atoms with E-state index in [1.807, 2.05) is 41.0 Å². The Labute approximate surface area is 158 Å². The summed E-state index contributed by atoms with van der Waals surface area (Å²) >= 11 is 0. The maximum atomic E-state index is 12.6. The number of hydrogen-bond acceptors (Lipinski definition) is 4.